The molecule has 1 atom stereocenters. The SMILES string of the molecule is Cl.O=C(NCCC1CCCNC1)c1ccn(-c2cccc(C(F)(F)F)c2)n1. The first-order valence-electron chi connectivity index (χ1n) is 8.66. The Morgan fingerprint density at radius 2 is 2.15 bits per heavy atom. The van der Waals surface area contributed by atoms with Gasteiger partial charge in [-0.25, -0.2) is 4.68 Å². The quantitative estimate of drug-likeness (QED) is 0.805. The van der Waals surface area contributed by atoms with Crippen LogP contribution in [0.5, 0.6) is 0 Å². The Bertz CT molecular complexity index is 757. The van der Waals surface area contributed by atoms with Crippen molar-refractivity contribution in [1.29, 1.82) is 0 Å². The van der Waals surface area contributed by atoms with Gasteiger partial charge in [-0.15, -0.1) is 12.4 Å². The summed E-state index contributed by atoms with van der Waals surface area (Å²) in [6.07, 6.45) is 0.271. The number of alkyl halides is 3. The topological polar surface area (TPSA) is 59.0 Å². The van der Waals surface area contributed by atoms with E-state index in [9.17, 15) is 18.0 Å². The van der Waals surface area contributed by atoms with Gasteiger partial charge in [-0.3, -0.25) is 4.79 Å². The van der Waals surface area contributed by atoms with Crippen molar-refractivity contribution in [3.63, 3.8) is 0 Å². The van der Waals surface area contributed by atoms with Gasteiger partial charge >= 0.3 is 6.18 Å². The highest BCUT2D eigenvalue weighted by atomic mass is 35.5. The van der Waals surface area contributed by atoms with Crippen LogP contribution < -0.4 is 10.6 Å². The molecule has 1 aromatic heterocycles. The molecule has 5 nitrogen and oxygen atoms in total. The monoisotopic (exact) mass is 402 g/mol. The molecule has 1 unspecified atom stereocenters. The predicted octanol–water partition coefficient (Wildman–Crippen LogP) is 3.43. The molecule has 1 saturated heterocycles. The van der Waals surface area contributed by atoms with Gasteiger partial charge in [0.15, 0.2) is 5.69 Å². The van der Waals surface area contributed by atoms with Gasteiger partial charge in [0.25, 0.3) is 5.91 Å². The second-order valence-corrected chi connectivity index (χ2v) is 6.45. The van der Waals surface area contributed by atoms with Crippen molar-refractivity contribution in [2.75, 3.05) is 19.6 Å². The molecule has 0 radical (unpaired) electrons. The molecule has 3 rings (SSSR count). The molecule has 2 aromatic rings. The Kier molecular flexibility index (Phi) is 7.26. The van der Waals surface area contributed by atoms with Crippen LogP contribution in [0.4, 0.5) is 13.2 Å². The Morgan fingerprint density at radius 1 is 1.33 bits per heavy atom. The van der Waals surface area contributed by atoms with Gasteiger partial charge in [-0.2, -0.15) is 18.3 Å². The van der Waals surface area contributed by atoms with Crippen LogP contribution in [-0.4, -0.2) is 35.3 Å². The summed E-state index contributed by atoms with van der Waals surface area (Å²) in [6.45, 7) is 2.58. The minimum Gasteiger partial charge on any atom is -0.351 e. The number of benzene rings is 1. The molecule has 1 aliphatic rings. The van der Waals surface area contributed by atoms with E-state index in [-0.39, 0.29) is 29.7 Å². The fourth-order valence-electron chi connectivity index (χ4n) is 3.06. The summed E-state index contributed by atoms with van der Waals surface area (Å²) in [6, 6.07) is 6.33. The van der Waals surface area contributed by atoms with E-state index in [0.29, 0.717) is 12.5 Å². The summed E-state index contributed by atoms with van der Waals surface area (Å²) in [5.74, 6) is 0.242. The molecule has 0 aliphatic carbocycles. The van der Waals surface area contributed by atoms with E-state index in [0.717, 1.165) is 44.5 Å². The Balaban J connectivity index is 0.00000261. The minimum atomic E-state index is -4.42. The molecule has 0 saturated carbocycles. The predicted molar refractivity (Wildman–Crippen MR) is 98.4 cm³/mol. The highest BCUT2D eigenvalue weighted by molar-refractivity contribution is 5.92. The summed E-state index contributed by atoms with van der Waals surface area (Å²) in [7, 11) is 0. The number of halogens is 4. The van der Waals surface area contributed by atoms with Crippen LogP contribution in [0.2, 0.25) is 0 Å². The average Bonchev–Trinajstić information content (AvgIpc) is 3.12. The molecule has 27 heavy (non-hydrogen) atoms. The van der Waals surface area contributed by atoms with E-state index >= 15 is 0 Å². The normalized spacial score (nSPS) is 17.2. The average molecular weight is 403 g/mol. The van der Waals surface area contributed by atoms with E-state index in [1.165, 1.54) is 29.1 Å². The van der Waals surface area contributed by atoms with Gasteiger partial charge in [-0.05, 0) is 62.5 Å². The largest absolute Gasteiger partial charge is 0.416 e. The lowest BCUT2D eigenvalue weighted by atomic mass is 9.96. The number of amides is 1. The van der Waals surface area contributed by atoms with Crippen molar-refractivity contribution in [3.8, 4) is 5.69 Å². The maximum atomic E-state index is 12.8. The van der Waals surface area contributed by atoms with E-state index in [4.69, 9.17) is 0 Å². The smallest absolute Gasteiger partial charge is 0.351 e. The minimum absolute atomic E-state index is 0. The highest BCUT2D eigenvalue weighted by Crippen LogP contribution is 2.30. The van der Waals surface area contributed by atoms with Crippen molar-refractivity contribution in [2.45, 2.75) is 25.4 Å². The Morgan fingerprint density at radius 3 is 2.85 bits per heavy atom. The van der Waals surface area contributed by atoms with Gasteiger partial charge in [0.2, 0.25) is 0 Å². The third kappa shape index (κ3) is 5.71. The zero-order valence-corrected chi connectivity index (χ0v) is 15.4. The van der Waals surface area contributed by atoms with Crippen LogP contribution in [0, 0.1) is 5.92 Å². The fourth-order valence-corrected chi connectivity index (χ4v) is 3.06. The first-order valence-corrected chi connectivity index (χ1v) is 8.66. The second-order valence-electron chi connectivity index (χ2n) is 6.45. The number of hydrogen-bond acceptors (Lipinski definition) is 3. The van der Waals surface area contributed by atoms with Crippen LogP contribution in [0.25, 0.3) is 5.69 Å². The first kappa shape index (κ1) is 21.2. The molecule has 9 heteroatoms. The van der Waals surface area contributed by atoms with Crippen molar-refractivity contribution >= 4 is 18.3 Å². The standard InChI is InChI=1S/C18H21F3N4O.ClH/c19-18(20,21)14-4-1-5-15(11-14)25-10-7-16(24-25)17(26)23-9-6-13-3-2-8-22-12-13;/h1,4-5,7,10-11,13,22H,2-3,6,8-9,12H2,(H,23,26);1H. The molecule has 0 bridgehead atoms. The molecule has 2 N–H and O–H groups in total. The van der Waals surface area contributed by atoms with Crippen molar-refractivity contribution in [2.24, 2.45) is 5.92 Å². The molecule has 1 aromatic carbocycles. The van der Waals surface area contributed by atoms with Crippen LogP contribution in [-0.2, 0) is 6.18 Å². The van der Waals surface area contributed by atoms with E-state index < -0.39 is 11.7 Å². The molecular formula is C18H22ClF3N4O. The first-order chi connectivity index (χ1) is 12.4. The Labute approximate surface area is 161 Å². The van der Waals surface area contributed by atoms with Gasteiger partial charge < -0.3 is 10.6 Å². The maximum absolute atomic E-state index is 12.8. The van der Waals surface area contributed by atoms with Gasteiger partial charge in [0.1, 0.15) is 0 Å². The van der Waals surface area contributed by atoms with E-state index in [2.05, 4.69) is 15.7 Å². The van der Waals surface area contributed by atoms with Gasteiger partial charge in [0, 0.05) is 12.7 Å². The molecular weight excluding hydrogens is 381 g/mol. The second kappa shape index (κ2) is 9.23. The maximum Gasteiger partial charge on any atom is 0.416 e. The van der Waals surface area contributed by atoms with Crippen molar-refractivity contribution in [3.05, 3.63) is 47.8 Å². The number of carbonyl (C=O) groups is 1. The molecule has 1 amide bonds. The summed E-state index contributed by atoms with van der Waals surface area (Å²) < 4.78 is 39.7. The number of carbonyl (C=O) groups excluding carboxylic acids is 1. The van der Waals surface area contributed by atoms with Crippen LogP contribution in [0.15, 0.2) is 36.5 Å². The lowest BCUT2D eigenvalue weighted by Gasteiger charge is -2.22. The number of aromatic nitrogens is 2. The van der Waals surface area contributed by atoms with Gasteiger partial charge in [-0.1, -0.05) is 6.07 Å². The Hall–Kier alpha value is -2.06. The summed E-state index contributed by atoms with van der Waals surface area (Å²) >= 11 is 0. The van der Waals surface area contributed by atoms with Crippen molar-refractivity contribution in [1.82, 2.24) is 20.4 Å². The number of piperidine rings is 1. The van der Waals surface area contributed by atoms with Crippen LogP contribution in [0.3, 0.4) is 0 Å². The zero-order chi connectivity index (χ0) is 18.6. The van der Waals surface area contributed by atoms with E-state index in [1.807, 2.05) is 0 Å². The molecule has 1 fully saturated rings. The van der Waals surface area contributed by atoms with Gasteiger partial charge in [0.05, 0.1) is 11.3 Å². The lowest BCUT2D eigenvalue weighted by molar-refractivity contribution is -0.137. The molecule has 0 spiro atoms. The van der Waals surface area contributed by atoms with E-state index in [1.54, 1.807) is 0 Å². The molecule has 2 heterocycles. The number of rotatable bonds is 5. The summed E-state index contributed by atoms with van der Waals surface area (Å²) in [4.78, 5) is 12.2. The summed E-state index contributed by atoms with van der Waals surface area (Å²) in [5, 5.41) is 10.3. The molecule has 1 aliphatic heterocycles. The highest BCUT2D eigenvalue weighted by Gasteiger charge is 2.30. The third-order valence-electron chi connectivity index (χ3n) is 4.50. The fraction of sp³-hybridized carbons (Fsp3) is 0.444. The van der Waals surface area contributed by atoms with Crippen LogP contribution >= 0.6 is 12.4 Å². The number of nitrogens with one attached hydrogen (secondary N) is 2. The van der Waals surface area contributed by atoms with Crippen molar-refractivity contribution < 1.29 is 18.0 Å². The third-order valence-corrected chi connectivity index (χ3v) is 4.50. The number of nitrogens with zero attached hydrogens (tertiary/aromatic N) is 2. The molecule has 148 valence electrons. The number of hydrogen-bond donors (Lipinski definition) is 2. The zero-order valence-electron chi connectivity index (χ0n) is 14.6. The summed E-state index contributed by atoms with van der Waals surface area (Å²) in [5.41, 5.74) is -0.311. The lowest BCUT2D eigenvalue weighted by Crippen LogP contribution is -2.33. The van der Waals surface area contributed by atoms with Crippen LogP contribution in [0.1, 0.15) is 35.3 Å².